The van der Waals surface area contributed by atoms with Gasteiger partial charge in [-0.15, -0.1) is 47.0 Å². The average molecular weight is 1380 g/mol. The number of carbonyl (C=O) groups is 2. The van der Waals surface area contributed by atoms with Crippen molar-refractivity contribution in [3.63, 3.8) is 0 Å². The first-order valence-electron chi connectivity index (χ1n) is 32.8. The monoisotopic (exact) mass is 1380 g/mol. The van der Waals surface area contributed by atoms with Crippen molar-refractivity contribution in [2.45, 2.75) is 174 Å². The van der Waals surface area contributed by atoms with Crippen LogP contribution >= 0.6 is 70.6 Å². The quantitative estimate of drug-likeness (QED) is 0.0237. The molecule has 6 aromatic rings. The van der Waals surface area contributed by atoms with Crippen LogP contribution in [-0.2, 0) is 37.5 Å². The molecule has 94 heavy (non-hydrogen) atoms. The van der Waals surface area contributed by atoms with E-state index in [2.05, 4.69) is 140 Å². The highest BCUT2D eigenvalue weighted by Gasteiger charge is 2.37. The lowest BCUT2D eigenvalue weighted by Gasteiger charge is -2.09. The van der Waals surface area contributed by atoms with Gasteiger partial charge >= 0.3 is 41.5 Å². The number of aliphatic hydroxyl groups is 2. The molecule has 10 N–H and O–H groups in total. The van der Waals surface area contributed by atoms with Gasteiger partial charge in [-0.1, -0.05) is 165 Å². The van der Waals surface area contributed by atoms with Gasteiger partial charge in [-0.25, -0.2) is 0 Å². The highest BCUT2D eigenvalue weighted by molar-refractivity contribution is 8.00. The minimum absolute atomic E-state index is 0.00196. The van der Waals surface area contributed by atoms with Crippen LogP contribution in [0.1, 0.15) is 137 Å². The molecule has 14 nitrogen and oxygen atoms in total. The Morgan fingerprint density at radius 1 is 0.383 bits per heavy atom. The summed E-state index contributed by atoms with van der Waals surface area (Å²) in [6.07, 6.45) is 5.16. The second-order valence-corrected chi connectivity index (χ2v) is 29.7. The van der Waals surface area contributed by atoms with E-state index < -0.39 is 0 Å². The molecular formula is C68H94B6N4O10S6. The number of hydrogen-bond donors (Lipinski definition) is 6. The third-order valence-corrected chi connectivity index (χ3v) is 22.5. The number of fused-ring (bicyclic) bond motifs is 6. The van der Waals surface area contributed by atoms with Crippen molar-refractivity contribution < 1.29 is 47.7 Å². The van der Waals surface area contributed by atoms with E-state index in [4.69, 9.17) is 61.1 Å². The fourth-order valence-corrected chi connectivity index (χ4v) is 17.1. The van der Waals surface area contributed by atoms with Crippen LogP contribution in [0.25, 0.3) is 0 Å². The van der Waals surface area contributed by atoms with E-state index in [0.29, 0.717) is 36.3 Å². The summed E-state index contributed by atoms with van der Waals surface area (Å²) in [6, 6.07) is 37.8. The van der Waals surface area contributed by atoms with Crippen LogP contribution in [0.3, 0.4) is 0 Å². The molecule has 6 heterocycles. The van der Waals surface area contributed by atoms with Gasteiger partial charge in [0.1, 0.15) is 11.6 Å². The van der Waals surface area contributed by atoms with Gasteiger partial charge in [0.15, 0.2) is 0 Å². The number of ketones is 2. The predicted octanol–water partition coefficient (Wildman–Crippen LogP) is 10.5. The molecule has 0 amide bonds. The predicted molar refractivity (Wildman–Crippen MR) is 407 cm³/mol. The van der Waals surface area contributed by atoms with Crippen LogP contribution in [-0.4, -0.2) is 111 Å². The number of Topliss-reactive ketones (excluding diaryl/α,β-unsaturated/α-hetero) is 2. The van der Waals surface area contributed by atoms with Crippen LogP contribution in [0.4, 0.5) is 0 Å². The Labute approximate surface area is 587 Å². The highest BCUT2D eigenvalue weighted by Crippen LogP contribution is 2.35. The van der Waals surface area contributed by atoms with Gasteiger partial charge in [0, 0.05) is 54.2 Å². The number of aliphatic hydroxyl groups excluding tert-OH is 2. The molecule has 6 atom stereocenters. The number of nitrogens with two attached hydrogens (primary N) is 4. The summed E-state index contributed by atoms with van der Waals surface area (Å²) in [4.78, 5) is 29.0. The molecule has 0 radical (unpaired) electrons. The second kappa shape index (κ2) is 38.9. The second-order valence-electron chi connectivity index (χ2n) is 23.5. The van der Waals surface area contributed by atoms with Crippen molar-refractivity contribution in [3.05, 3.63) is 143 Å². The third-order valence-electron chi connectivity index (χ3n) is 17.0. The summed E-state index contributed by atoms with van der Waals surface area (Å²) in [5, 5.41) is 17.8. The zero-order chi connectivity index (χ0) is 68.2. The largest absolute Gasteiger partial charge is 0.424 e. The number of benzene rings is 6. The molecule has 0 saturated carbocycles. The lowest BCUT2D eigenvalue weighted by atomic mass is 9.64. The van der Waals surface area contributed by atoms with Crippen LogP contribution in [0.15, 0.2) is 139 Å². The summed E-state index contributed by atoms with van der Waals surface area (Å²) in [5.74, 6) is 2.93. The minimum atomic E-state index is -0.00196. The van der Waals surface area contributed by atoms with Crippen molar-refractivity contribution in [3.8, 4) is 0 Å². The lowest BCUT2D eigenvalue weighted by molar-refractivity contribution is -0.115. The molecule has 0 spiro atoms. The van der Waals surface area contributed by atoms with Gasteiger partial charge < -0.3 is 61.1 Å². The van der Waals surface area contributed by atoms with Gasteiger partial charge in [-0.3, -0.25) is 9.59 Å². The topological polar surface area (TPSA) is 234 Å². The summed E-state index contributed by atoms with van der Waals surface area (Å²) >= 11 is 9.44. The zero-order valence-corrected chi connectivity index (χ0v) is 61.6. The molecule has 6 unspecified atom stereocenters. The molecule has 0 aromatic heterocycles. The molecule has 26 heteroatoms. The Hall–Kier alpha value is -3.33. The SMILES string of the molecule is CB1OC(CN)c2ccc(SCC(C)=O)cc21.CB1OC(CN)c2cccc(SCC(C)=O)c21.CCC1OB(C)c2c(SCN)cccc21.CCC1OB(C)c2c(SCO)cccc21.CCC1OB(C)c2cc(SCN)ccc21.CCC1OB(C)c2cc(SCO)ccc21. The van der Waals surface area contributed by atoms with Crippen molar-refractivity contribution in [2.75, 3.05) is 48.2 Å². The van der Waals surface area contributed by atoms with Crippen LogP contribution in [0.5, 0.6) is 0 Å². The molecule has 0 aliphatic carbocycles. The van der Waals surface area contributed by atoms with Crippen LogP contribution < -0.4 is 55.7 Å². The van der Waals surface area contributed by atoms with Gasteiger partial charge in [0.25, 0.3) is 0 Å². The maximum atomic E-state index is 11.0. The molecular weight excluding hydrogens is 1290 g/mol. The summed E-state index contributed by atoms with van der Waals surface area (Å²) in [7, 11) is 0. The Kier molecular flexibility index (Phi) is 32.3. The van der Waals surface area contributed by atoms with E-state index in [1.165, 1.54) is 99.5 Å². The van der Waals surface area contributed by atoms with Gasteiger partial charge in [0.05, 0.1) is 60.0 Å². The first kappa shape index (κ1) is 78.0. The molecule has 6 aromatic carbocycles. The molecule has 6 aliphatic rings. The standard InChI is InChI=1S/2C12H16BNO2S.2C11H16BNOS.2C11H15BO2S/c1-8(15)7-17-9-3-4-10-11(5-9)13(2)16-12(10)6-14;1-8(15)7-17-11-5-3-4-9-10(6-14)16-13(2)12(9)11;1-3-11-9-5-4-8(15-7-13)6-10(9)12(2)14-11;1-3-9-8-5-4-6-10(15-7-13)11(8)12(2)14-9;1-3-11-9-5-4-8(15-7-13)6-10(9)12(2)14-11;1-3-9-8-5-4-6-10(15-7-13)11(8)12(2)14-9/h3-5,12H,6-7,14H2,1-2H3;3-5,10H,6-7,14H2,1-2H3;4-6,11H,3,7,13H2,1-2H3;4-6,9H,3,7,13H2,1-2H3;4-6,11,13H,3,7H2,1-2H3;4-6,9,13H,3,7H2,1-2H3. The van der Waals surface area contributed by atoms with Crippen molar-refractivity contribution in [1.29, 1.82) is 0 Å². The van der Waals surface area contributed by atoms with Crippen molar-refractivity contribution >= 4 is 156 Å². The van der Waals surface area contributed by atoms with E-state index >= 15 is 0 Å². The molecule has 500 valence electrons. The minimum Gasteiger partial charge on any atom is -0.424 e. The van der Waals surface area contributed by atoms with Gasteiger partial charge in [-0.2, -0.15) is 0 Å². The summed E-state index contributed by atoms with van der Waals surface area (Å²) < 4.78 is 35.1. The van der Waals surface area contributed by atoms with E-state index in [0.717, 1.165) is 45.3 Å². The van der Waals surface area contributed by atoms with Crippen LogP contribution in [0, 0.1) is 0 Å². The highest BCUT2D eigenvalue weighted by atomic mass is 32.2. The maximum Gasteiger partial charge on any atom is 0.325 e. The number of rotatable bonds is 20. The Morgan fingerprint density at radius 3 is 1.07 bits per heavy atom. The number of hydrogen-bond acceptors (Lipinski definition) is 20. The molecule has 0 bridgehead atoms. The van der Waals surface area contributed by atoms with Gasteiger partial charge in [0.2, 0.25) is 0 Å². The first-order chi connectivity index (χ1) is 45.3. The Bertz CT molecular complexity index is 3310. The fraction of sp³-hybridized carbons (Fsp3) is 0.441. The smallest absolute Gasteiger partial charge is 0.325 e. The number of thioether (sulfide) groups is 6. The normalized spacial score (nSPS) is 19.0. The van der Waals surface area contributed by atoms with Gasteiger partial charge in [-0.05, 0) is 142 Å². The Balaban J connectivity index is 0.000000160. The van der Waals surface area contributed by atoms with E-state index in [1.54, 1.807) is 60.9 Å². The molecule has 0 fully saturated rings. The molecule has 0 saturated heterocycles. The summed E-state index contributed by atoms with van der Waals surface area (Å²) in [5.41, 5.74) is 37.8. The molecule has 12 rings (SSSR count). The lowest BCUT2D eigenvalue weighted by Crippen LogP contribution is -2.26. The number of carbonyl (C=O) groups excluding carboxylic acids is 2. The Morgan fingerprint density at radius 2 is 0.691 bits per heavy atom. The van der Waals surface area contributed by atoms with E-state index in [-0.39, 0.29) is 102 Å². The molecule has 6 aliphatic heterocycles. The van der Waals surface area contributed by atoms with Crippen LogP contribution in [0.2, 0.25) is 40.9 Å². The van der Waals surface area contributed by atoms with Crippen molar-refractivity contribution in [2.24, 2.45) is 22.9 Å². The fourth-order valence-electron chi connectivity index (χ4n) is 12.7. The third kappa shape index (κ3) is 20.2. The zero-order valence-electron chi connectivity index (χ0n) is 56.7. The maximum absolute atomic E-state index is 11.0. The van der Waals surface area contributed by atoms with E-state index in [1.807, 2.05) is 37.9 Å². The van der Waals surface area contributed by atoms with Crippen molar-refractivity contribution in [1.82, 2.24) is 0 Å². The van der Waals surface area contributed by atoms with E-state index in [9.17, 15) is 9.59 Å². The summed E-state index contributed by atoms with van der Waals surface area (Å²) in [6.45, 7) is 26.2. The average Bonchev–Trinajstić information content (AvgIpc) is 1.69. The first-order valence-corrected chi connectivity index (χ1v) is 38.7.